The molecule has 10 heteroatoms. The van der Waals surface area contributed by atoms with E-state index in [4.69, 9.17) is 28.3 Å². The van der Waals surface area contributed by atoms with Gasteiger partial charge in [0, 0.05) is 29.2 Å². The number of halogens is 2. The highest BCUT2D eigenvalue weighted by Gasteiger charge is 2.27. The maximum Gasteiger partial charge on any atom is 0.162 e. The van der Waals surface area contributed by atoms with E-state index < -0.39 is 16.1 Å². The van der Waals surface area contributed by atoms with Crippen molar-refractivity contribution in [3.05, 3.63) is 69.3 Å². The molecule has 33 heavy (non-hydrogen) atoms. The Morgan fingerprint density at radius 2 is 1.79 bits per heavy atom. The number of hydrogen-bond donors (Lipinski definition) is 2. The van der Waals surface area contributed by atoms with Crippen LogP contribution in [0.3, 0.4) is 0 Å². The molecule has 1 saturated heterocycles. The lowest BCUT2D eigenvalue weighted by Gasteiger charge is -2.29. The Balaban J connectivity index is 1.74. The van der Waals surface area contributed by atoms with Crippen LogP contribution >= 0.6 is 23.2 Å². The van der Waals surface area contributed by atoms with Crippen molar-refractivity contribution in [2.24, 2.45) is 0 Å². The van der Waals surface area contributed by atoms with Gasteiger partial charge in [-0.2, -0.15) is 5.10 Å². The van der Waals surface area contributed by atoms with E-state index in [0.717, 1.165) is 23.2 Å². The number of nitrogens with zero attached hydrogens (tertiary/aromatic N) is 3. The molecule has 1 aliphatic heterocycles. The van der Waals surface area contributed by atoms with Crippen molar-refractivity contribution in [2.75, 3.05) is 24.6 Å². The quantitative estimate of drug-likeness (QED) is 0.490. The summed E-state index contributed by atoms with van der Waals surface area (Å²) in [6.45, 7) is 4.60. The molecule has 176 valence electrons. The number of aromatic nitrogens is 2. The van der Waals surface area contributed by atoms with E-state index in [1.165, 1.54) is 5.56 Å². The third kappa shape index (κ3) is 5.26. The Morgan fingerprint density at radius 3 is 2.39 bits per heavy atom. The molecule has 0 bridgehead atoms. The van der Waals surface area contributed by atoms with Crippen LogP contribution in [-0.2, 0) is 16.3 Å². The normalized spacial score (nSPS) is 17.2. The molecule has 1 fully saturated rings. The molecule has 2 heterocycles. The zero-order valence-electron chi connectivity index (χ0n) is 18.4. The van der Waals surface area contributed by atoms with Gasteiger partial charge in [0.15, 0.2) is 16.1 Å². The van der Waals surface area contributed by atoms with Crippen LogP contribution in [0, 0.1) is 6.92 Å². The molecule has 4 rings (SSSR count). The molecule has 2 N–H and O–H groups in total. The number of hydrogen-bond acceptors (Lipinski definition) is 6. The fraction of sp³-hybridized carbons (Fsp3) is 0.348. The Morgan fingerprint density at radius 1 is 1.12 bits per heavy atom. The van der Waals surface area contributed by atoms with E-state index in [2.05, 4.69) is 24.5 Å². The first-order valence-corrected chi connectivity index (χ1v) is 13.3. The molecule has 0 aliphatic carbocycles. The standard InChI is InChI=1S/C23H26Cl2N4O3S/c1-3-16-4-6-17(7-5-16)22-15(2)21(23(30)27-28-10-12-33(31,32)13-11-28)26-29(22)20-9-8-18(24)14-19(20)25/h4-9,14,23,27,30H,3,10-13H2,1-2H3. The van der Waals surface area contributed by atoms with Gasteiger partial charge in [-0.25, -0.2) is 23.5 Å². The summed E-state index contributed by atoms with van der Waals surface area (Å²) in [7, 11) is -3.02. The molecule has 2 aromatic carbocycles. The topological polar surface area (TPSA) is 87.5 Å². The van der Waals surface area contributed by atoms with Gasteiger partial charge in [0.25, 0.3) is 0 Å². The molecular formula is C23H26Cl2N4O3S. The van der Waals surface area contributed by atoms with E-state index in [1.54, 1.807) is 27.9 Å². The molecule has 0 spiro atoms. The average Bonchev–Trinajstić information content (AvgIpc) is 3.12. The number of aryl methyl sites for hydroxylation is 1. The first-order valence-electron chi connectivity index (χ1n) is 10.7. The summed E-state index contributed by atoms with van der Waals surface area (Å²) in [6, 6.07) is 13.4. The molecule has 0 radical (unpaired) electrons. The lowest BCUT2D eigenvalue weighted by molar-refractivity contribution is 0.0351. The second-order valence-corrected chi connectivity index (χ2v) is 11.2. The predicted octanol–water partition coefficient (Wildman–Crippen LogP) is 3.94. The van der Waals surface area contributed by atoms with Crippen LogP contribution in [0.2, 0.25) is 10.0 Å². The molecule has 1 atom stereocenters. The second kappa shape index (κ2) is 9.74. The molecular weight excluding hydrogens is 483 g/mol. The van der Waals surface area contributed by atoms with Crippen LogP contribution in [0.15, 0.2) is 42.5 Å². The van der Waals surface area contributed by atoms with Crippen molar-refractivity contribution in [1.29, 1.82) is 0 Å². The largest absolute Gasteiger partial charge is 0.371 e. The maximum atomic E-state index is 11.7. The highest BCUT2D eigenvalue weighted by molar-refractivity contribution is 7.91. The predicted molar refractivity (Wildman–Crippen MR) is 131 cm³/mol. The van der Waals surface area contributed by atoms with Gasteiger partial charge in [0.2, 0.25) is 0 Å². The van der Waals surface area contributed by atoms with Crippen molar-refractivity contribution >= 4 is 33.0 Å². The lowest BCUT2D eigenvalue weighted by atomic mass is 10.0. The number of sulfone groups is 1. The van der Waals surface area contributed by atoms with Crippen LogP contribution in [-0.4, -0.2) is 52.9 Å². The van der Waals surface area contributed by atoms with Crippen molar-refractivity contribution in [2.45, 2.75) is 26.5 Å². The number of hydrazine groups is 1. The molecule has 1 aromatic heterocycles. The number of aliphatic hydroxyl groups is 1. The SMILES string of the molecule is CCc1ccc(-c2c(C)c(C(O)NN3CCS(=O)(=O)CC3)nn2-c2ccc(Cl)cc2Cl)cc1. The Hall–Kier alpha value is -1.94. The Kier molecular flexibility index (Phi) is 7.14. The number of rotatable bonds is 6. The van der Waals surface area contributed by atoms with E-state index in [-0.39, 0.29) is 11.5 Å². The van der Waals surface area contributed by atoms with E-state index in [0.29, 0.717) is 34.5 Å². The second-order valence-electron chi connectivity index (χ2n) is 8.09. The van der Waals surface area contributed by atoms with Crippen LogP contribution in [0.1, 0.15) is 30.0 Å². The first-order chi connectivity index (χ1) is 15.7. The van der Waals surface area contributed by atoms with Crippen molar-refractivity contribution < 1.29 is 13.5 Å². The van der Waals surface area contributed by atoms with Gasteiger partial charge < -0.3 is 5.11 Å². The summed E-state index contributed by atoms with van der Waals surface area (Å²) >= 11 is 12.6. The Labute approximate surface area is 203 Å². The number of benzene rings is 2. The molecule has 0 amide bonds. The summed E-state index contributed by atoms with van der Waals surface area (Å²) in [6.07, 6.45) is -0.187. The minimum atomic E-state index is -3.02. The summed E-state index contributed by atoms with van der Waals surface area (Å²) in [5.74, 6) is 0.102. The van der Waals surface area contributed by atoms with Gasteiger partial charge in [-0.3, -0.25) is 0 Å². The highest BCUT2D eigenvalue weighted by atomic mass is 35.5. The van der Waals surface area contributed by atoms with Crippen molar-refractivity contribution in [3.63, 3.8) is 0 Å². The zero-order valence-corrected chi connectivity index (χ0v) is 20.8. The fourth-order valence-corrected chi connectivity index (χ4v) is 5.60. The van der Waals surface area contributed by atoms with Crippen molar-refractivity contribution in [3.8, 4) is 16.9 Å². The average molecular weight is 509 g/mol. The van der Waals surface area contributed by atoms with Crippen LogP contribution in [0.5, 0.6) is 0 Å². The highest BCUT2D eigenvalue weighted by Crippen LogP contribution is 2.34. The lowest BCUT2D eigenvalue weighted by Crippen LogP contribution is -2.49. The van der Waals surface area contributed by atoms with Crippen LogP contribution in [0.25, 0.3) is 16.9 Å². The fourth-order valence-electron chi connectivity index (χ4n) is 3.91. The smallest absolute Gasteiger partial charge is 0.162 e. The minimum Gasteiger partial charge on any atom is -0.371 e. The monoisotopic (exact) mass is 508 g/mol. The number of nitrogens with one attached hydrogen (secondary N) is 1. The third-order valence-corrected chi connectivity index (χ3v) is 7.99. The minimum absolute atomic E-state index is 0.0511. The van der Waals surface area contributed by atoms with E-state index in [9.17, 15) is 13.5 Å². The molecule has 1 unspecified atom stereocenters. The maximum absolute atomic E-state index is 11.7. The summed E-state index contributed by atoms with van der Waals surface area (Å²) in [4.78, 5) is 0. The van der Waals surface area contributed by atoms with Gasteiger partial charge in [-0.15, -0.1) is 0 Å². The van der Waals surface area contributed by atoms with Gasteiger partial charge >= 0.3 is 0 Å². The molecule has 0 saturated carbocycles. The van der Waals surface area contributed by atoms with Gasteiger partial charge in [0.05, 0.1) is 27.9 Å². The molecule has 3 aromatic rings. The zero-order chi connectivity index (χ0) is 23.8. The van der Waals surface area contributed by atoms with E-state index >= 15 is 0 Å². The van der Waals surface area contributed by atoms with Crippen molar-refractivity contribution in [1.82, 2.24) is 20.2 Å². The van der Waals surface area contributed by atoms with Gasteiger partial charge in [-0.1, -0.05) is 54.4 Å². The molecule has 7 nitrogen and oxygen atoms in total. The third-order valence-electron chi connectivity index (χ3n) is 5.84. The Bertz CT molecular complexity index is 1250. The summed E-state index contributed by atoms with van der Waals surface area (Å²) in [5, 5.41) is 18.4. The number of aliphatic hydroxyl groups excluding tert-OH is 1. The van der Waals surface area contributed by atoms with Gasteiger partial charge in [-0.05, 0) is 37.1 Å². The first kappa shape index (κ1) is 24.2. The van der Waals surface area contributed by atoms with Gasteiger partial charge in [0.1, 0.15) is 5.69 Å². The van der Waals surface area contributed by atoms with Crippen LogP contribution in [0.4, 0.5) is 0 Å². The summed E-state index contributed by atoms with van der Waals surface area (Å²) in [5.41, 5.74) is 7.81. The van der Waals surface area contributed by atoms with Crippen LogP contribution < -0.4 is 5.43 Å². The van der Waals surface area contributed by atoms with E-state index in [1.807, 2.05) is 19.1 Å². The molecule has 1 aliphatic rings. The summed E-state index contributed by atoms with van der Waals surface area (Å²) < 4.78 is 25.1.